The largest absolute Gasteiger partial charge is 0.480 e. The summed E-state index contributed by atoms with van der Waals surface area (Å²) in [6, 6.07) is 2.16. The first kappa shape index (κ1) is 13.5. The predicted molar refractivity (Wildman–Crippen MR) is 69.0 cm³/mol. The number of nitrogens with one attached hydrogen (secondary N) is 1. The molecule has 0 spiro atoms. The highest BCUT2D eigenvalue weighted by Crippen LogP contribution is 2.27. The van der Waals surface area contributed by atoms with E-state index in [1.807, 2.05) is 0 Å². The molecule has 18 heavy (non-hydrogen) atoms. The number of aliphatic carboxylic acids is 1. The molecule has 2 N–H and O–H groups in total. The van der Waals surface area contributed by atoms with Crippen molar-refractivity contribution in [3.8, 4) is 0 Å². The Labute approximate surface area is 110 Å². The van der Waals surface area contributed by atoms with Gasteiger partial charge < -0.3 is 5.11 Å². The summed E-state index contributed by atoms with van der Waals surface area (Å²) in [5.74, 6) is -1.17. The Kier molecular flexibility index (Phi) is 4.04. The lowest BCUT2D eigenvalue weighted by Gasteiger charge is -2.17. The van der Waals surface area contributed by atoms with E-state index in [0.29, 0.717) is 17.7 Å². The molecule has 0 radical (unpaired) electrons. The summed E-state index contributed by atoms with van der Waals surface area (Å²) < 4.78 is 26.5. The van der Waals surface area contributed by atoms with Crippen LogP contribution in [0.15, 0.2) is 17.5 Å². The van der Waals surface area contributed by atoms with Gasteiger partial charge in [0.15, 0.2) is 6.04 Å². The zero-order chi connectivity index (χ0) is 13.2. The molecule has 1 saturated carbocycles. The summed E-state index contributed by atoms with van der Waals surface area (Å²) in [4.78, 5) is 11.7. The normalized spacial score (nSPS) is 18.9. The molecule has 100 valence electrons. The van der Waals surface area contributed by atoms with E-state index in [1.165, 1.54) is 11.3 Å². The van der Waals surface area contributed by atoms with E-state index < -0.39 is 27.3 Å². The zero-order valence-electron chi connectivity index (χ0n) is 9.70. The van der Waals surface area contributed by atoms with Gasteiger partial charge in [0, 0.05) is 4.88 Å². The van der Waals surface area contributed by atoms with Crippen LogP contribution in [0.1, 0.15) is 36.6 Å². The Morgan fingerprint density at radius 2 is 2.11 bits per heavy atom. The molecule has 1 atom stereocenters. The molecule has 1 unspecified atom stereocenters. The second kappa shape index (κ2) is 5.38. The first-order chi connectivity index (χ1) is 8.50. The second-order valence-electron chi connectivity index (χ2n) is 4.36. The lowest BCUT2D eigenvalue weighted by atomic mass is 10.3. The molecule has 1 heterocycles. The van der Waals surface area contributed by atoms with E-state index in [9.17, 15) is 13.2 Å². The van der Waals surface area contributed by atoms with Crippen LogP contribution in [0.3, 0.4) is 0 Å². The van der Waals surface area contributed by atoms with Gasteiger partial charge in [0.25, 0.3) is 0 Å². The van der Waals surface area contributed by atoms with Gasteiger partial charge in [0.05, 0.1) is 5.25 Å². The minimum atomic E-state index is -3.55. The van der Waals surface area contributed by atoms with Crippen LogP contribution in [0, 0.1) is 0 Å². The van der Waals surface area contributed by atoms with Gasteiger partial charge in [-0.15, -0.1) is 11.3 Å². The first-order valence-electron chi connectivity index (χ1n) is 5.78. The van der Waals surface area contributed by atoms with Crippen molar-refractivity contribution < 1.29 is 18.3 Å². The highest BCUT2D eigenvalue weighted by atomic mass is 32.2. The number of thiophene rings is 1. The van der Waals surface area contributed by atoms with Crippen molar-refractivity contribution in [3.63, 3.8) is 0 Å². The number of sulfonamides is 1. The fourth-order valence-electron chi connectivity index (χ4n) is 2.14. The quantitative estimate of drug-likeness (QED) is 0.864. The first-order valence-corrected chi connectivity index (χ1v) is 8.20. The molecule has 2 rings (SSSR count). The molecule has 1 aliphatic carbocycles. The molecule has 1 aromatic heterocycles. The van der Waals surface area contributed by atoms with Crippen molar-refractivity contribution >= 4 is 27.3 Å². The van der Waals surface area contributed by atoms with E-state index in [4.69, 9.17) is 5.11 Å². The van der Waals surface area contributed by atoms with Gasteiger partial charge in [0.2, 0.25) is 10.0 Å². The van der Waals surface area contributed by atoms with Crippen LogP contribution in [-0.2, 0) is 14.8 Å². The molecule has 0 amide bonds. The average molecular weight is 289 g/mol. The van der Waals surface area contributed by atoms with Crippen molar-refractivity contribution in [1.82, 2.24) is 4.72 Å². The topological polar surface area (TPSA) is 83.5 Å². The molecular formula is C11H15NO4S2. The van der Waals surface area contributed by atoms with Crippen LogP contribution in [-0.4, -0.2) is 24.7 Å². The third kappa shape index (κ3) is 2.90. The fourth-order valence-corrected chi connectivity index (χ4v) is 4.69. The highest BCUT2D eigenvalue weighted by Gasteiger charge is 2.33. The van der Waals surface area contributed by atoms with Gasteiger partial charge in [0.1, 0.15) is 0 Å². The Bertz CT molecular complexity index is 503. The van der Waals surface area contributed by atoms with E-state index in [1.54, 1.807) is 17.5 Å². The van der Waals surface area contributed by atoms with Crippen LogP contribution < -0.4 is 4.72 Å². The highest BCUT2D eigenvalue weighted by molar-refractivity contribution is 7.90. The van der Waals surface area contributed by atoms with Crippen molar-refractivity contribution in [3.05, 3.63) is 22.4 Å². The summed E-state index contributed by atoms with van der Waals surface area (Å²) in [5.41, 5.74) is 0. The van der Waals surface area contributed by atoms with E-state index in [-0.39, 0.29) is 0 Å². The Morgan fingerprint density at radius 1 is 1.44 bits per heavy atom. The molecule has 5 nitrogen and oxygen atoms in total. The molecule has 1 aromatic rings. The smallest absolute Gasteiger partial charge is 0.327 e. The van der Waals surface area contributed by atoms with Crippen LogP contribution in [0.2, 0.25) is 0 Å². The maximum atomic E-state index is 12.1. The minimum absolute atomic E-state index is 0.445. The molecule has 0 aliphatic heterocycles. The molecule has 7 heteroatoms. The van der Waals surface area contributed by atoms with Crippen LogP contribution in [0.4, 0.5) is 0 Å². The van der Waals surface area contributed by atoms with Gasteiger partial charge in [-0.25, -0.2) is 8.42 Å². The van der Waals surface area contributed by atoms with Crippen molar-refractivity contribution in [2.24, 2.45) is 0 Å². The maximum Gasteiger partial charge on any atom is 0.327 e. The van der Waals surface area contributed by atoms with Crippen molar-refractivity contribution in [2.75, 3.05) is 0 Å². The van der Waals surface area contributed by atoms with E-state index >= 15 is 0 Å². The molecule has 0 bridgehead atoms. The number of carboxylic acid groups (broad SMARTS) is 1. The summed E-state index contributed by atoms with van der Waals surface area (Å²) in [6.07, 6.45) is 3.02. The summed E-state index contributed by atoms with van der Waals surface area (Å²) in [7, 11) is -3.55. The van der Waals surface area contributed by atoms with Crippen LogP contribution in [0.25, 0.3) is 0 Å². The zero-order valence-corrected chi connectivity index (χ0v) is 11.3. The molecular weight excluding hydrogens is 274 g/mol. The van der Waals surface area contributed by atoms with Gasteiger partial charge in [-0.05, 0) is 24.3 Å². The third-order valence-corrected chi connectivity index (χ3v) is 5.95. The lowest BCUT2D eigenvalue weighted by molar-refractivity contribution is -0.139. The standard InChI is InChI=1S/C11H15NO4S2/c13-11(14)10(9-6-3-7-17-9)12-18(15,16)8-4-1-2-5-8/h3,6-8,10,12H,1-2,4-5H2,(H,13,14). The molecule has 0 aromatic carbocycles. The second-order valence-corrected chi connectivity index (χ2v) is 7.33. The number of hydrogen-bond donors (Lipinski definition) is 2. The van der Waals surface area contributed by atoms with Gasteiger partial charge >= 0.3 is 5.97 Å². The van der Waals surface area contributed by atoms with Gasteiger partial charge in [-0.3, -0.25) is 4.79 Å². The summed E-state index contributed by atoms with van der Waals surface area (Å²) >= 11 is 1.23. The molecule has 1 aliphatic rings. The summed E-state index contributed by atoms with van der Waals surface area (Å²) in [5, 5.41) is 10.4. The Hall–Kier alpha value is -0.920. The SMILES string of the molecule is O=C(O)C(NS(=O)(=O)C1CCCC1)c1cccs1. The van der Waals surface area contributed by atoms with Crippen molar-refractivity contribution in [2.45, 2.75) is 37.0 Å². The number of hydrogen-bond acceptors (Lipinski definition) is 4. The summed E-state index contributed by atoms with van der Waals surface area (Å²) in [6.45, 7) is 0. The number of carboxylic acids is 1. The van der Waals surface area contributed by atoms with Crippen LogP contribution >= 0.6 is 11.3 Å². The van der Waals surface area contributed by atoms with E-state index in [0.717, 1.165) is 12.8 Å². The molecule has 0 saturated heterocycles. The van der Waals surface area contributed by atoms with Crippen molar-refractivity contribution in [1.29, 1.82) is 0 Å². The number of carbonyl (C=O) groups is 1. The lowest BCUT2D eigenvalue weighted by Crippen LogP contribution is -2.38. The average Bonchev–Trinajstić information content (AvgIpc) is 2.98. The Morgan fingerprint density at radius 3 is 2.61 bits per heavy atom. The minimum Gasteiger partial charge on any atom is -0.480 e. The van der Waals surface area contributed by atoms with E-state index in [2.05, 4.69) is 4.72 Å². The number of rotatable bonds is 5. The predicted octanol–water partition coefficient (Wildman–Crippen LogP) is 1.74. The molecule has 1 fully saturated rings. The fraction of sp³-hybridized carbons (Fsp3) is 0.545. The maximum absolute atomic E-state index is 12.1. The monoisotopic (exact) mass is 289 g/mol. The van der Waals surface area contributed by atoms with Gasteiger partial charge in [-0.1, -0.05) is 18.9 Å². The third-order valence-electron chi connectivity index (χ3n) is 3.10. The Balaban J connectivity index is 2.17. The van der Waals surface area contributed by atoms with Crippen LogP contribution in [0.5, 0.6) is 0 Å². The van der Waals surface area contributed by atoms with Gasteiger partial charge in [-0.2, -0.15) is 4.72 Å².